The number of aryl methyl sites for hydroxylation is 1. The molecule has 6 nitrogen and oxygen atoms in total. The molecule has 0 aromatic carbocycles. The normalized spacial score (nSPS) is 13.3. The number of aromatic nitrogens is 1. The number of rotatable bonds is 6. The highest BCUT2D eigenvalue weighted by atomic mass is 32.2. The van der Waals surface area contributed by atoms with Crippen molar-refractivity contribution in [1.82, 2.24) is 10.3 Å². The largest absolute Gasteiger partial charge is 0.349 e. The van der Waals surface area contributed by atoms with E-state index < -0.39 is 15.9 Å². The number of nitrogens with zero attached hydrogens (tertiary/aromatic N) is 1. The van der Waals surface area contributed by atoms with Gasteiger partial charge in [0.15, 0.2) is 0 Å². The highest BCUT2D eigenvalue weighted by molar-refractivity contribution is 7.90. The Kier molecular flexibility index (Phi) is 5.24. The Bertz CT molecular complexity index is 510. The number of carbonyl (C=O) groups is 1. The first kappa shape index (κ1) is 15.1. The van der Waals surface area contributed by atoms with Gasteiger partial charge in [-0.15, -0.1) is 11.3 Å². The van der Waals surface area contributed by atoms with Crippen molar-refractivity contribution >= 4 is 27.1 Å². The Morgan fingerprint density at radius 2 is 2.28 bits per heavy atom. The van der Waals surface area contributed by atoms with Crippen molar-refractivity contribution in [3.05, 3.63) is 16.1 Å². The van der Waals surface area contributed by atoms with Crippen molar-refractivity contribution in [3.8, 4) is 0 Å². The molecule has 18 heavy (non-hydrogen) atoms. The van der Waals surface area contributed by atoms with Crippen LogP contribution >= 0.6 is 11.3 Å². The number of nitrogens with two attached hydrogens (primary N) is 1. The minimum absolute atomic E-state index is 0.0859. The van der Waals surface area contributed by atoms with Crippen LogP contribution in [0, 0.1) is 6.92 Å². The molecule has 1 unspecified atom stereocenters. The smallest absolute Gasteiger partial charge is 0.237 e. The molecule has 0 aliphatic rings. The van der Waals surface area contributed by atoms with E-state index in [1.165, 1.54) is 11.3 Å². The molecule has 1 heterocycles. The lowest BCUT2D eigenvalue weighted by molar-refractivity contribution is -0.122. The second kappa shape index (κ2) is 6.26. The molecule has 1 aromatic rings. The lowest BCUT2D eigenvalue weighted by Gasteiger charge is -2.10. The second-order valence-electron chi connectivity index (χ2n) is 4.10. The molecule has 0 radical (unpaired) electrons. The van der Waals surface area contributed by atoms with Crippen LogP contribution in [0.15, 0.2) is 5.38 Å². The van der Waals surface area contributed by atoms with Gasteiger partial charge in [0.25, 0.3) is 0 Å². The standard InChI is InChI=1S/C10H17N3O3S2/c1-7-13-8(6-17-7)5-12-10(14)9(11)3-4-18(2,15)16/h6,9H,3-5,11H2,1-2H3,(H,12,14). The van der Waals surface area contributed by atoms with Gasteiger partial charge in [-0.2, -0.15) is 0 Å². The van der Waals surface area contributed by atoms with Gasteiger partial charge in [-0.05, 0) is 13.3 Å². The Balaban J connectivity index is 2.36. The molecule has 0 aliphatic carbocycles. The topological polar surface area (TPSA) is 102 Å². The maximum absolute atomic E-state index is 11.6. The molecule has 0 spiro atoms. The lowest BCUT2D eigenvalue weighted by Crippen LogP contribution is -2.41. The first-order valence-corrected chi connectivity index (χ1v) is 8.34. The van der Waals surface area contributed by atoms with Crippen molar-refractivity contribution in [3.63, 3.8) is 0 Å². The first-order chi connectivity index (χ1) is 8.28. The van der Waals surface area contributed by atoms with Gasteiger partial charge in [-0.25, -0.2) is 13.4 Å². The number of thiazole rings is 1. The Hall–Kier alpha value is -0.990. The second-order valence-corrected chi connectivity index (χ2v) is 7.42. The number of sulfone groups is 1. The van der Waals surface area contributed by atoms with Gasteiger partial charge in [0.1, 0.15) is 9.84 Å². The van der Waals surface area contributed by atoms with Crippen LogP contribution in [-0.4, -0.2) is 37.4 Å². The number of amides is 1. The van der Waals surface area contributed by atoms with Crippen molar-refractivity contribution in [2.45, 2.75) is 25.9 Å². The van der Waals surface area contributed by atoms with Crippen LogP contribution < -0.4 is 11.1 Å². The minimum atomic E-state index is -3.09. The van der Waals surface area contributed by atoms with E-state index in [-0.39, 0.29) is 18.1 Å². The van der Waals surface area contributed by atoms with Crippen LogP contribution in [0.3, 0.4) is 0 Å². The van der Waals surface area contributed by atoms with Crippen LogP contribution in [0.2, 0.25) is 0 Å². The molecule has 8 heteroatoms. The van der Waals surface area contributed by atoms with Crippen LogP contribution in [0.5, 0.6) is 0 Å². The summed E-state index contributed by atoms with van der Waals surface area (Å²) in [5.41, 5.74) is 6.38. The summed E-state index contributed by atoms with van der Waals surface area (Å²) in [5.74, 6) is -0.443. The van der Waals surface area contributed by atoms with E-state index >= 15 is 0 Å². The maximum Gasteiger partial charge on any atom is 0.237 e. The zero-order valence-corrected chi connectivity index (χ0v) is 12.0. The van der Waals surface area contributed by atoms with Crippen LogP contribution in [0.1, 0.15) is 17.1 Å². The Labute approximate surface area is 111 Å². The SMILES string of the molecule is Cc1nc(CNC(=O)C(N)CCS(C)(=O)=O)cs1. The molecular weight excluding hydrogens is 274 g/mol. The number of nitrogens with one attached hydrogen (secondary N) is 1. The van der Waals surface area contributed by atoms with E-state index in [0.717, 1.165) is 17.0 Å². The minimum Gasteiger partial charge on any atom is -0.349 e. The molecule has 1 atom stereocenters. The summed E-state index contributed by atoms with van der Waals surface area (Å²) < 4.78 is 21.9. The third-order valence-electron chi connectivity index (χ3n) is 2.25. The van der Waals surface area contributed by atoms with E-state index in [1.54, 1.807) is 0 Å². The highest BCUT2D eigenvalue weighted by Crippen LogP contribution is 2.07. The van der Waals surface area contributed by atoms with Crippen molar-refractivity contribution in [2.75, 3.05) is 12.0 Å². The summed E-state index contributed by atoms with van der Waals surface area (Å²) in [6.07, 6.45) is 1.25. The molecule has 1 aromatic heterocycles. The predicted molar refractivity (Wildman–Crippen MR) is 71.0 cm³/mol. The highest BCUT2D eigenvalue weighted by Gasteiger charge is 2.15. The molecule has 0 aliphatic heterocycles. The summed E-state index contributed by atoms with van der Waals surface area (Å²) in [6.45, 7) is 2.20. The maximum atomic E-state index is 11.6. The summed E-state index contributed by atoms with van der Waals surface area (Å²) in [7, 11) is -3.09. The molecule has 1 amide bonds. The molecule has 3 N–H and O–H groups in total. The van der Waals surface area contributed by atoms with Gasteiger partial charge in [0.05, 0.1) is 29.0 Å². The van der Waals surface area contributed by atoms with Gasteiger partial charge in [-0.3, -0.25) is 4.79 Å². The zero-order chi connectivity index (χ0) is 13.8. The van der Waals surface area contributed by atoms with Crippen LogP contribution in [-0.2, 0) is 21.2 Å². The molecule has 0 fully saturated rings. The first-order valence-electron chi connectivity index (χ1n) is 5.40. The summed E-state index contributed by atoms with van der Waals surface area (Å²) in [5, 5.41) is 5.42. The molecule has 0 saturated heterocycles. The van der Waals surface area contributed by atoms with Crippen LogP contribution in [0.25, 0.3) is 0 Å². The lowest BCUT2D eigenvalue weighted by atomic mass is 10.2. The quantitative estimate of drug-likeness (QED) is 0.757. The van der Waals surface area contributed by atoms with E-state index in [9.17, 15) is 13.2 Å². The summed E-state index contributed by atoms with van der Waals surface area (Å²) >= 11 is 1.51. The van der Waals surface area contributed by atoms with Crippen molar-refractivity contribution in [2.24, 2.45) is 5.73 Å². The van der Waals surface area contributed by atoms with Gasteiger partial charge in [0.2, 0.25) is 5.91 Å². The Morgan fingerprint density at radius 1 is 1.61 bits per heavy atom. The molecule has 1 rings (SSSR count). The average Bonchev–Trinajstić information content (AvgIpc) is 2.67. The fourth-order valence-corrected chi connectivity index (χ4v) is 2.57. The molecule has 0 bridgehead atoms. The third-order valence-corrected chi connectivity index (χ3v) is 4.05. The van der Waals surface area contributed by atoms with Crippen molar-refractivity contribution in [1.29, 1.82) is 0 Å². The predicted octanol–water partition coefficient (Wildman–Crippen LogP) is -0.170. The number of hydrogen-bond donors (Lipinski definition) is 2. The van der Waals surface area contributed by atoms with Gasteiger partial charge in [-0.1, -0.05) is 0 Å². The Morgan fingerprint density at radius 3 is 2.78 bits per heavy atom. The number of hydrogen-bond acceptors (Lipinski definition) is 6. The fraction of sp³-hybridized carbons (Fsp3) is 0.600. The molecular formula is C10H17N3O3S2. The van der Waals surface area contributed by atoms with Gasteiger partial charge >= 0.3 is 0 Å². The van der Waals surface area contributed by atoms with E-state index in [1.807, 2.05) is 12.3 Å². The fourth-order valence-electron chi connectivity index (χ4n) is 1.27. The van der Waals surface area contributed by atoms with Crippen LogP contribution in [0.4, 0.5) is 0 Å². The summed E-state index contributed by atoms with van der Waals surface area (Å²) in [4.78, 5) is 15.8. The van der Waals surface area contributed by atoms with Gasteiger partial charge in [0, 0.05) is 11.6 Å². The van der Waals surface area contributed by atoms with E-state index in [0.29, 0.717) is 6.54 Å². The van der Waals surface area contributed by atoms with E-state index in [4.69, 9.17) is 5.73 Å². The monoisotopic (exact) mass is 291 g/mol. The third kappa shape index (κ3) is 5.56. The average molecular weight is 291 g/mol. The molecule has 0 saturated carbocycles. The zero-order valence-electron chi connectivity index (χ0n) is 10.3. The van der Waals surface area contributed by atoms with E-state index in [2.05, 4.69) is 10.3 Å². The van der Waals surface area contributed by atoms with Crippen molar-refractivity contribution < 1.29 is 13.2 Å². The summed E-state index contributed by atoms with van der Waals surface area (Å²) in [6, 6.07) is -0.806. The van der Waals surface area contributed by atoms with Gasteiger partial charge < -0.3 is 11.1 Å². The number of carbonyl (C=O) groups excluding carboxylic acids is 1. The molecule has 102 valence electrons.